The average Bonchev–Trinajstić information content (AvgIpc) is 2.45. The molecule has 0 aliphatic rings. The molecule has 2 aromatic rings. The van der Waals surface area contributed by atoms with Crippen LogP contribution in [0.15, 0.2) is 41.2 Å². The fourth-order valence-corrected chi connectivity index (χ4v) is 1.85. The number of amides is 1. The minimum Gasteiger partial charge on any atom is -0.332 e. The summed E-state index contributed by atoms with van der Waals surface area (Å²) >= 11 is 0. The van der Waals surface area contributed by atoms with Crippen molar-refractivity contribution in [2.24, 2.45) is 0 Å². The van der Waals surface area contributed by atoms with Crippen LogP contribution in [0.3, 0.4) is 0 Å². The quantitative estimate of drug-likeness (QED) is 0.901. The molecular weight excluding hydrogens is 273 g/mol. The maximum absolute atomic E-state index is 13.6. The lowest BCUT2D eigenvalue weighted by Crippen LogP contribution is -2.32. The number of nitrogens with one attached hydrogen (secondary N) is 2. The van der Waals surface area contributed by atoms with Crippen molar-refractivity contribution in [1.29, 1.82) is 5.26 Å². The number of aromatic nitrogens is 1. The Balaban J connectivity index is 2.27. The summed E-state index contributed by atoms with van der Waals surface area (Å²) in [6.45, 7) is 1.68. The predicted molar refractivity (Wildman–Crippen MR) is 74.0 cm³/mol. The molecule has 6 heteroatoms. The summed E-state index contributed by atoms with van der Waals surface area (Å²) in [6.07, 6.45) is 0. The van der Waals surface area contributed by atoms with Gasteiger partial charge in [-0.2, -0.15) is 5.26 Å². The SMILES string of the molecule is Cc1ccc(C(=O)N[C@H](C#N)c2ccccc2F)c(=O)[nH]1. The van der Waals surface area contributed by atoms with E-state index in [-0.39, 0.29) is 11.1 Å². The Hall–Kier alpha value is -2.94. The number of H-pyrrole nitrogens is 1. The molecule has 5 nitrogen and oxygen atoms in total. The van der Waals surface area contributed by atoms with Gasteiger partial charge in [-0.15, -0.1) is 0 Å². The van der Waals surface area contributed by atoms with E-state index in [0.717, 1.165) is 0 Å². The Morgan fingerprint density at radius 2 is 2.05 bits per heavy atom. The van der Waals surface area contributed by atoms with Crippen molar-refractivity contribution < 1.29 is 9.18 Å². The van der Waals surface area contributed by atoms with Crippen molar-refractivity contribution in [3.8, 4) is 6.07 Å². The van der Waals surface area contributed by atoms with Gasteiger partial charge in [0.2, 0.25) is 0 Å². The molecule has 0 spiro atoms. The second-order valence-corrected chi connectivity index (χ2v) is 4.44. The third-order valence-electron chi connectivity index (χ3n) is 2.92. The lowest BCUT2D eigenvalue weighted by atomic mass is 10.1. The molecule has 1 aromatic carbocycles. The maximum atomic E-state index is 13.6. The van der Waals surface area contributed by atoms with Crippen LogP contribution in [0.1, 0.15) is 27.7 Å². The molecule has 1 aromatic heterocycles. The summed E-state index contributed by atoms with van der Waals surface area (Å²) in [6, 6.07) is 9.22. The van der Waals surface area contributed by atoms with Gasteiger partial charge >= 0.3 is 0 Å². The highest BCUT2D eigenvalue weighted by Gasteiger charge is 2.19. The number of benzene rings is 1. The van der Waals surface area contributed by atoms with E-state index in [1.165, 1.54) is 24.3 Å². The van der Waals surface area contributed by atoms with Gasteiger partial charge in [-0.1, -0.05) is 18.2 Å². The van der Waals surface area contributed by atoms with E-state index in [2.05, 4.69) is 10.3 Å². The number of nitriles is 1. The highest BCUT2D eigenvalue weighted by atomic mass is 19.1. The molecule has 21 heavy (non-hydrogen) atoms. The van der Waals surface area contributed by atoms with Crippen LogP contribution < -0.4 is 10.9 Å². The summed E-state index contributed by atoms with van der Waals surface area (Å²) in [7, 11) is 0. The van der Waals surface area contributed by atoms with E-state index in [4.69, 9.17) is 5.26 Å². The van der Waals surface area contributed by atoms with Crippen molar-refractivity contribution in [1.82, 2.24) is 10.3 Å². The van der Waals surface area contributed by atoms with E-state index in [9.17, 15) is 14.0 Å². The Morgan fingerprint density at radius 1 is 1.33 bits per heavy atom. The summed E-state index contributed by atoms with van der Waals surface area (Å²) in [5.74, 6) is -1.33. The molecule has 2 rings (SSSR count). The Bertz CT molecular complexity index is 777. The first-order valence-corrected chi connectivity index (χ1v) is 6.17. The number of rotatable bonds is 3. The van der Waals surface area contributed by atoms with Crippen LogP contribution in [0, 0.1) is 24.1 Å². The number of carbonyl (C=O) groups is 1. The highest BCUT2D eigenvalue weighted by Crippen LogP contribution is 2.16. The Labute approximate surface area is 120 Å². The first-order valence-electron chi connectivity index (χ1n) is 6.17. The molecule has 1 atom stereocenters. The van der Waals surface area contributed by atoms with E-state index < -0.39 is 23.3 Å². The molecule has 0 saturated carbocycles. The highest BCUT2D eigenvalue weighted by molar-refractivity contribution is 5.94. The number of nitrogens with zero attached hydrogens (tertiary/aromatic N) is 1. The molecule has 0 unspecified atom stereocenters. The fourth-order valence-electron chi connectivity index (χ4n) is 1.85. The molecule has 0 saturated heterocycles. The smallest absolute Gasteiger partial charge is 0.260 e. The third kappa shape index (κ3) is 3.15. The van der Waals surface area contributed by atoms with Gasteiger partial charge in [0.25, 0.3) is 11.5 Å². The Kier molecular flexibility index (Phi) is 4.14. The fraction of sp³-hybridized carbons (Fsp3) is 0.133. The average molecular weight is 285 g/mol. The minimum absolute atomic E-state index is 0.0527. The lowest BCUT2D eigenvalue weighted by molar-refractivity contribution is 0.0943. The summed E-state index contributed by atoms with van der Waals surface area (Å²) < 4.78 is 13.6. The number of halogens is 1. The van der Waals surface area contributed by atoms with Gasteiger partial charge in [-0.3, -0.25) is 9.59 Å². The minimum atomic E-state index is -1.17. The first kappa shape index (κ1) is 14.5. The van der Waals surface area contributed by atoms with Gasteiger partial charge in [0, 0.05) is 11.3 Å². The van der Waals surface area contributed by atoms with Gasteiger partial charge in [-0.05, 0) is 25.1 Å². The number of aromatic amines is 1. The van der Waals surface area contributed by atoms with Crippen LogP contribution in [-0.4, -0.2) is 10.9 Å². The molecule has 0 radical (unpaired) electrons. The monoisotopic (exact) mass is 285 g/mol. The maximum Gasteiger partial charge on any atom is 0.260 e. The van der Waals surface area contributed by atoms with Gasteiger partial charge in [-0.25, -0.2) is 4.39 Å². The second kappa shape index (κ2) is 6.01. The van der Waals surface area contributed by atoms with Crippen molar-refractivity contribution in [3.05, 3.63) is 69.4 Å². The summed E-state index contributed by atoms with van der Waals surface area (Å²) in [5.41, 5.74) is -0.0192. The number of pyridine rings is 1. The molecule has 1 amide bonds. The lowest BCUT2D eigenvalue weighted by Gasteiger charge is -2.12. The van der Waals surface area contributed by atoms with E-state index in [1.807, 2.05) is 0 Å². The number of hydrogen-bond donors (Lipinski definition) is 2. The molecule has 106 valence electrons. The second-order valence-electron chi connectivity index (χ2n) is 4.44. The van der Waals surface area contributed by atoms with Crippen LogP contribution in [-0.2, 0) is 0 Å². The van der Waals surface area contributed by atoms with Crippen LogP contribution in [0.25, 0.3) is 0 Å². The normalized spacial score (nSPS) is 11.5. The summed E-state index contributed by atoms with van der Waals surface area (Å²) in [5, 5.41) is 11.4. The molecule has 0 aliphatic heterocycles. The molecule has 2 N–H and O–H groups in total. The number of hydrogen-bond acceptors (Lipinski definition) is 3. The number of aryl methyl sites for hydroxylation is 1. The van der Waals surface area contributed by atoms with Crippen LogP contribution in [0.2, 0.25) is 0 Å². The zero-order chi connectivity index (χ0) is 15.4. The zero-order valence-corrected chi connectivity index (χ0v) is 11.2. The predicted octanol–water partition coefficient (Wildman–Crippen LogP) is 1.82. The van der Waals surface area contributed by atoms with Crippen molar-refractivity contribution in [2.75, 3.05) is 0 Å². The molecule has 1 heterocycles. The first-order chi connectivity index (χ1) is 10.0. The summed E-state index contributed by atoms with van der Waals surface area (Å²) in [4.78, 5) is 26.2. The van der Waals surface area contributed by atoms with Crippen LogP contribution in [0.5, 0.6) is 0 Å². The van der Waals surface area contributed by atoms with Crippen molar-refractivity contribution in [3.63, 3.8) is 0 Å². The topological polar surface area (TPSA) is 85.8 Å². The van der Waals surface area contributed by atoms with Crippen molar-refractivity contribution >= 4 is 5.91 Å². The molecule has 0 bridgehead atoms. The standard InChI is InChI=1S/C15H12FN3O2/c1-9-6-7-11(14(20)18-9)15(21)19-13(8-17)10-4-2-3-5-12(10)16/h2-7,13H,1H3,(H,18,20)(H,19,21)/t13-/m1/s1. The number of carbonyl (C=O) groups excluding carboxylic acids is 1. The van der Waals surface area contributed by atoms with Gasteiger partial charge in [0.05, 0.1) is 6.07 Å². The van der Waals surface area contributed by atoms with Crippen LogP contribution >= 0.6 is 0 Å². The van der Waals surface area contributed by atoms with E-state index in [1.54, 1.807) is 25.1 Å². The van der Waals surface area contributed by atoms with Gasteiger partial charge in [0.1, 0.15) is 17.4 Å². The molecular formula is C15H12FN3O2. The van der Waals surface area contributed by atoms with Crippen LogP contribution in [0.4, 0.5) is 4.39 Å². The third-order valence-corrected chi connectivity index (χ3v) is 2.92. The van der Waals surface area contributed by atoms with E-state index in [0.29, 0.717) is 5.69 Å². The molecule has 0 fully saturated rings. The van der Waals surface area contributed by atoms with E-state index >= 15 is 0 Å². The van der Waals surface area contributed by atoms with Gasteiger partial charge < -0.3 is 10.3 Å². The Morgan fingerprint density at radius 3 is 2.67 bits per heavy atom. The zero-order valence-electron chi connectivity index (χ0n) is 11.2. The van der Waals surface area contributed by atoms with Crippen molar-refractivity contribution in [2.45, 2.75) is 13.0 Å². The largest absolute Gasteiger partial charge is 0.332 e. The molecule has 0 aliphatic carbocycles. The van der Waals surface area contributed by atoms with Gasteiger partial charge in [0.15, 0.2) is 0 Å².